The fourth-order valence-electron chi connectivity index (χ4n) is 4.85. The number of benzene rings is 4. The maximum absolute atomic E-state index is 14.0. The van der Waals surface area contributed by atoms with Crippen molar-refractivity contribution in [2.75, 3.05) is 20.3 Å². The van der Waals surface area contributed by atoms with Crippen molar-refractivity contribution in [3.05, 3.63) is 118 Å². The Morgan fingerprint density at radius 2 is 1.66 bits per heavy atom. The molecule has 5 aromatic rings. The van der Waals surface area contributed by atoms with Crippen LogP contribution in [-0.2, 0) is 4.74 Å². The molecule has 5 rings (SSSR count). The summed E-state index contributed by atoms with van der Waals surface area (Å²) in [6.07, 6.45) is 0.655. The van der Waals surface area contributed by atoms with Crippen molar-refractivity contribution < 1.29 is 9.53 Å². The second kappa shape index (κ2) is 11.0. The minimum atomic E-state index is -0.482. The molecule has 192 valence electrons. The van der Waals surface area contributed by atoms with Crippen molar-refractivity contribution >= 4 is 27.6 Å². The number of carbonyl (C=O) groups excluding carboxylic acids is 1. The number of aryl methyl sites for hydroxylation is 1. The Bertz CT molecular complexity index is 1660. The maximum atomic E-state index is 14.0. The van der Waals surface area contributed by atoms with Gasteiger partial charge in [0.15, 0.2) is 0 Å². The van der Waals surface area contributed by atoms with Crippen molar-refractivity contribution in [1.29, 1.82) is 0 Å². The molecule has 1 unspecified atom stereocenters. The van der Waals surface area contributed by atoms with Crippen molar-refractivity contribution in [3.63, 3.8) is 0 Å². The molecule has 0 fully saturated rings. The van der Waals surface area contributed by atoms with Crippen LogP contribution < -0.4 is 5.56 Å². The van der Waals surface area contributed by atoms with Gasteiger partial charge in [-0.2, -0.15) is 0 Å². The van der Waals surface area contributed by atoms with E-state index in [0.717, 1.165) is 22.0 Å². The molecular weight excluding hydrogens is 474 g/mol. The molecule has 0 aliphatic carbocycles. The van der Waals surface area contributed by atoms with E-state index in [1.807, 2.05) is 98.8 Å². The number of rotatable bonds is 8. The third-order valence-electron chi connectivity index (χ3n) is 6.94. The number of aromatic nitrogens is 2. The summed E-state index contributed by atoms with van der Waals surface area (Å²) in [7, 11) is 1.65. The van der Waals surface area contributed by atoms with Crippen LogP contribution in [-0.4, -0.2) is 40.6 Å². The molecule has 0 spiro atoms. The minimum absolute atomic E-state index is 0.114. The molecule has 1 heterocycles. The largest absolute Gasteiger partial charge is 0.385 e. The number of fused-ring (bicyclic) bond motifs is 2. The van der Waals surface area contributed by atoms with Crippen LogP contribution in [0, 0.1) is 6.92 Å². The number of hydrogen-bond donors (Lipinski definition) is 0. The monoisotopic (exact) mass is 505 g/mol. The van der Waals surface area contributed by atoms with E-state index in [-0.39, 0.29) is 11.5 Å². The van der Waals surface area contributed by atoms with E-state index < -0.39 is 6.04 Å². The smallest absolute Gasteiger partial charge is 0.266 e. The average molecular weight is 506 g/mol. The van der Waals surface area contributed by atoms with E-state index in [0.29, 0.717) is 41.9 Å². The molecule has 0 aliphatic rings. The summed E-state index contributed by atoms with van der Waals surface area (Å²) in [4.78, 5) is 34.6. The summed E-state index contributed by atoms with van der Waals surface area (Å²) in [5, 5.41) is 2.62. The average Bonchev–Trinajstić information content (AvgIpc) is 2.95. The number of carbonyl (C=O) groups is 1. The molecule has 0 N–H and O–H groups in total. The van der Waals surface area contributed by atoms with Gasteiger partial charge in [-0.05, 0) is 67.4 Å². The van der Waals surface area contributed by atoms with Crippen molar-refractivity contribution in [3.8, 4) is 5.69 Å². The summed E-state index contributed by atoms with van der Waals surface area (Å²) in [5.74, 6) is 0.404. The van der Waals surface area contributed by atoms with Crippen LogP contribution >= 0.6 is 0 Å². The van der Waals surface area contributed by atoms with Gasteiger partial charge in [0, 0.05) is 25.8 Å². The highest BCUT2D eigenvalue weighted by Crippen LogP contribution is 2.26. The Kier molecular flexibility index (Phi) is 7.33. The van der Waals surface area contributed by atoms with Crippen LogP contribution in [0.3, 0.4) is 0 Å². The van der Waals surface area contributed by atoms with Crippen molar-refractivity contribution in [2.24, 2.45) is 0 Å². The van der Waals surface area contributed by atoms with Crippen LogP contribution in [0.2, 0.25) is 0 Å². The van der Waals surface area contributed by atoms with Gasteiger partial charge in [0.25, 0.3) is 11.5 Å². The lowest BCUT2D eigenvalue weighted by atomic mass is 10.1. The second-order valence-electron chi connectivity index (χ2n) is 9.55. The molecule has 1 aromatic heterocycles. The summed E-state index contributed by atoms with van der Waals surface area (Å²) in [6.45, 7) is 4.92. The van der Waals surface area contributed by atoms with Crippen molar-refractivity contribution in [2.45, 2.75) is 26.3 Å². The summed E-state index contributed by atoms with van der Waals surface area (Å²) >= 11 is 0. The van der Waals surface area contributed by atoms with Gasteiger partial charge in [-0.25, -0.2) is 4.98 Å². The number of nitrogens with zero attached hydrogens (tertiary/aromatic N) is 3. The molecule has 0 radical (unpaired) electrons. The van der Waals surface area contributed by atoms with Gasteiger partial charge in [-0.1, -0.05) is 60.2 Å². The fraction of sp³-hybridized carbons (Fsp3) is 0.219. The van der Waals surface area contributed by atoms with E-state index in [9.17, 15) is 9.59 Å². The predicted molar refractivity (Wildman–Crippen MR) is 152 cm³/mol. The summed E-state index contributed by atoms with van der Waals surface area (Å²) in [5.41, 5.74) is 2.86. The Morgan fingerprint density at radius 3 is 2.42 bits per heavy atom. The highest BCUT2D eigenvalue weighted by molar-refractivity contribution is 5.98. The molecule has 0 bridgehead atoms. The van der Waals surface area contributed by atoms with Crippen molar-refractivity contribution in [1.82, 2.24) is 14.5 Å². The highest BCUT2D eigenvalue weighted by Gasteiger charge is 2.27. The lowest BCUT2D eigenvalue weighted by Crippen LogP contribution is -2.38. The first-order valence-electron chi connectivity index (χ1n) is 12.9. The number of ether oxygens (including phenoxy) is 1. The van der Waals surface area contributed by atoms with E-state index in [4.69, 9.17) is 9.72 Å². The van der Waals surface area contributed by atoms with Gasteiger partial charge >= 0.3 is 0 Å². The number of hydrogen-bond acceptors (Lipinski definition) is 4. The Balaban J connectivity index is 1.64. The van der Waals surface area contributed by atoms with Gasteiger partial charge in [0.2, 0.25) is 0 Å². The maximum Gasteiger partial charge on any atom is 0.266 e. The first kappa shape index (κ1) is 25.4. The second-order valence-corrected chi connectivity index (χ2v) is 9.55. The van der Waals surface area contributed by atoms with Gasteiger partial charge < -0.3 is 9.64 Å². The molecule has 38 heavy (non-hydrogen) atoms. The Labute approximate surface area is 222 Å². The number of para-hydroxylation sites is 1. The van der Waals surface area contributed by atoms with E-state index in [2.05, 4.69) is 0 Å². The third kappa shape index (κ3) is 4.95. The minimum Gasteiger partial charge on any atom is -0.385 e. The number of methoxy groups -OCH3 is 1. The van der Waals surface area contributed by atoms with Crippen LogP contribution in [0.1, 0.15) is 41.1 Å². The molecule has 6 nitrogen and oxygen atoms in total. The summed E-state index contributed by atoms with van der Waals surface area (Å²) < 4.78 is 6.94. The predicted octanol–water partition coefficient (Wildman–Crippen LogP) is 6.09. The third-order valence-corrected chi connectivity index (χ3v) is 6.94. The van der Waals surface area contributed by atoms with Crippen LogP contribution in [0.5, 0.6) is 0 Å². The SMILES string of the molecule is COCCCN(C(=O)c1ccc2ccccc2c1)C(C)c1nc2ccccc2c(=O)n1-c1ccc(C)cc1. The molecule has 0 saturated carbocycles. The van der Waals surface area contributed by atoms with Gasteiger partial charge in [-0.3, -0.25) is 14.2 Å². The van der Waals surface area contributed by atoms with Crippen LogP contribution in [0.25, 0.3) is 27.4 Å². The van der Waals surface area contributed by atoms with Crippen LogP contribution in [0.15, 0.2) is 95.8 Å². The number of amides is 1. The first-order chi connectivity index (χ1) is 18.5. The molecule has 1 amide bonds. The highest BCUT2D eigenvalue weighted by atomic mass is 16.5. The van der Waals surface area contributed by atoms with Gasteiger partial charge in [-0.15, -0.1) is 0 Å². The molecule has 1 atom stereocenters. The zero-order chi connectivity index (χ0) is 26.6. The molecule has 0 aliphatic heterocycles. The lowest BCUT2D eigenvalue weighted by molar-refractivity contribution is 0.0657. The zero-order valence-corrected chi connectivity index (χ0v) is 21.9. The lowest BCUT2D eigenvalue weighted by Gasteiger charge is -2.31. The molecule has 0 saturated heterocycles. The molecule has 6 heteroatoms. The Morgan fingerprint density at radius 1 is 0.947 bits per heavy atom. The molecule has 4 aromatic carbocycles. The topological polar surface area (TPSA) is 64.4 Å². The van der Waals surface area contributed by atoms with E-state index >= 15 is 0 Å². The standard InChI is InChI=1S/C32H31N3O3/c1-22-13-17-27(18-14-22)35-30(33-29-12-7-6-11-28(29)32(35)37)23(2)34(19-8-20-38-3)31(36)26-16-15-24-9-4-5-10-25(24)21-26/h4-7,9-18,21,23H,8,19-20H2,1-3H3. The van der Waals surface area contributed by atoms with Gasteiger partial charge in [0.1, 0.15) is 5.82 Å². The van der Waals surface area contributed by atoms with E-state index in [1.165, 1.54) is 0 Å². The zero-order valence-electron chi connectivity index (χ0n) is 21.9. The fourth-order valence-corrected chi connectivity index (χ4v) is 4.85. The normalized spacial score (nSPS) is 12.1. The summed E-state index contributed by atoms with van der Waals surface area (Å²) in [6, 6.07) is 28.4. The molecular formula is C32H31N3O3. The van der Waals surface area contributed by atoms with E-state index in [1.54, 1.807) is 22.6 Å². The quantitative estimate of drug-likeness (QED) is 0.240. The van der Waals surface area contributed by atoms with Gasteiger partial charge in [0.05, 0.1) is 22.6 Å². The first-order valence-corrected chi connectivity index (χ1v) is 12.9. The Hall–Kier alpha value is -4.29. The van der Waals surface area contributed by atoms with Crippen LogP contribution in [0.4, 0.5) is 0 Å².